The minimum absolute atomic E-state index is 0.123. The molecule has 0 fully saturated rings. The Morgan fingerprint density at radius 1 is 1.38 bits per heavy atom. The molecule has 0 spiro atoms. The summed E-state index contributed by atoms with van der Waals surface area (Å²) in [5.74, 6) is 0. The fourth-order valence-electron chi connectivity index (χ4n) is 0.950. The molecular formula is C9H11BrN2O. The molecule has 0 bridgehead atoms. The van der Waals surface area contributed by atoms with Gasteiger partial charge in [-0.3, -0.25) is 4.90 Å². The predicted molar refractivity (Wildman–Crippen MR) is 57.0 cm³/mol. The standard InChI is InChI=1S/C9H11BrN2O/c1-11-9(13)12(2)8-5-3-7(10)4-6-8/h3-6H,1-2H3,(H,11,13). The number of hydrogen-bond donors (Lipinski definition) is 1. The molecule has 0 saturated heterocycles. The molecule has 0 aromatic heterocycles. The molecule has 0 aliphatic rings. The van der Waals surface area contributed by atoms with Crippen LogP contribution in [0.1, 0.15) is 0 Å². The number of urea groups is 1. The largest absolute Gasteiger partial charge is 0.341 e. The SMILES string of the molecule is CNC(=O)N(C)c1ccc(Br)cc1. The third kappa shape index (κ3) is 2.45. The van der Waals surface area contributed by atoms with Gasteiger partial charge in [0, 0.05) is 24.3 Å². The number of benzene rings is 1. The fraction of sp³-hybridized carbons (Fsp3) is 0.222. The molecule has 0 saturated carbocycles. The summed E-state index contributed by atoms with van der Waals surface area (Å²) in [5.41, 5.74) is 0.863. The highest BCUT2D eigenvalue weighted by atomic mass is 79.9. The van der Waals surface area contributed by atoms with Crippen molar-refractivity contribution in [2.75, 3.05) is 19.0 Å². The van der Waals surface area contributed by atoms with Crippen LogP contribution in [0.4, 0.5) is 10.5 Å². The van der Waals surface area contributed by atoms with Gasteiger partial charge in [0.25, 0.3) is 0 Å². The minimum atomic E-state index is -0.123. The molecule has 13 heavy (non-hydrogen) atoms. The number of carbonyl (C=O) groups is 1. The highest BCUT2D eigenvalue weighted by Crippen LogP contribution is 2.16. The van der Waals surface area contributed by atoms with Crippen LogP contribution in [0.3, 0.4) is 0 Å². The van der Waals surface area contributed by atoms with Gasteiger partial charge in [0.15, 0.2) is 0 Å². The first-order valence-electron chi connectivity index (χ1n) is 3.86. The fourth-order valence-corrected chi connectivity index (χ4v) is 1.21. The van der Waals surface area contributed by atoms with Gasteiger partial charge in [-0.05, 0) is 24.3 Å². The summed E-state index contributed by atoms with van der Waals surface area (Å²) >= 11 is 3.33. The van der Waals surface area contributed by atoms with E-state index in [1.165, 1.54) is 0 Å². The lowest BCUT2D eigenvalue weighted by atomic mass is 10.3. The summed E-state index contributed by atoms with van der Waals surface area (Å²) in [5, 5.41) is 2.55. The molecule has 0 aliphatic carbocycles. The van der Waals surface area contributed by atoms with Gasteiger partial charge in [-0.2, -0.15) is 0 Å². The van der Waals surface area contributed by atoms with Crippen LogP contribution in [-0.2, 0) is 0 Å². The van der Waals surface area contributed by atoms with Crippen molar-refractivity contribution in [1.29, 1.82) is 0 Å². The van der Waals surface area contributed by atoms with E-state index < -0.39 is 0 Å². The number of rotatable bonds is 1. The second-order valence-corrected chi connectivity index (χ2v) is 3.51. The topological polar surface area (TPSA) is 32.3 Å². The Morgan fingerprint density at radius 2 is 1.92 bits per heavy atom. The van der Waals surface area contributed by atoms with E-state index >= 15 is 0 Å². The van der Waals surface area contributed by atoms with Crippen molar-refractivity contribution in [2.45, 2.75) is 0 Å². The maximum atomic E-state index is 11.2. The van der Waals surface area contributed by atoms with Crippen LogP contribution in [0.5, 0.6) is 0 Å². The average molecular weight is 243 g/mol. The number of nitrogens with zero attached hydrogens (tertiary/aromatic N) is 1. The first kappa shape index (κ1) is 10.1. The second kappa shape index (κ2) is 4.28. The zero-order valence-electron chi connectivity index (χ0n) is 7.54. The molecule has 0 atom stereocenters. The van der Waals surface area contributed by atoms with Crippen molar-refractivity contribution < 1.29 is 4.79 Å². The van der Waals surface area contributed by atoms with Crippen molar-refractivity contribution in [3.05, 3.63) is 28.7 Å². The molecule has 0 heterocycles. The van der Waals surface area contributed by atoms with E-state index in [0.717, 1.165) is 10.2 Å². The lowest BCUT2D eigenvalue weighted by molar-refractivity contribution is 0.249. The smallest absolute Gasteiger partial charge is 0.321 e. The van der Waals surface area contributed by atoms with Crippen molar-refractivity contribution in [3.63, 3.8) is 0 Å². The molecule has 1 aromatic rings. The van der Waals surface area contributed by atoms with Gasteiger partial charge in [-0.25, -0.2) is 4.79 Å². The van der Waals surface area contributed by atoms with Crippen LogP contribution < -0.4 is 10.2 Å². The van der Waals surface area contributed by atoms with Gasteiger partial charge in [0.2, 0.25) is 0 Å². The van der Waals surface area contributed by atoms with Crippen LogP contribution in [0.15, 0.2) is 28.7 Å². The van der Waals surface area contributed by atoms with Crippen LogP contribution in [0.25, 0.3) is 0 Å². The van der Waals surface area contributed by atoms with E-state index in [9.17, 15) is 4.79 Å². The summed E-state index contributed by atoms with van der Waals surface area (Å²) < 4.78 is 1.00. The summed E-state index contributed by atoms with van der Waals surface area (Å²) in [7, 11) is 3.33. The number of halogens is 1. The summed E-state index contributed by atoms with van der Waals surface area (Å²) in [6.07, 6.45) is 0. The first-order valence-corrected chi connectivity index (χ1v) is 4.65. The van der Waals surface area contributed by atoms with E-state index in [-0.39, 0.29) is 6.03 Å². The number of amides is 2. The highest BCUT2D eigenvalue weighted by molar-refractivity contribution is 9.10. The lowest BCUT2D eigenvalue weighted by Crippen LogP contribution is -2.34. The monoisotopic (exact) mass is 242 g/mol. The van der Waals surface area contributed by atoms with Gasteiger partial charge in [0.05, 0.1) is 0 Å². The Kier molecular flexibility index (Phi) is 3.31. The van der Waals surface area contributed by atoms with Gasteiger partial charge in [0.1, 0.15) is 0 Å². The molecule has 70 valence electrons. The van der Waals surface area contributed by atoms with E-state index in [2.05, 4.69) is 21.2 Å². The quantitative estimate of drug-likeness (QED) is 0.805. The summed E-state index contributed by atoms with van der Waals surface area (Å²) in [6.45, 7) is 0. The molecule has 0 radical (unpaired) electrons. The van der Waals surface area contributed by atoms with E-state index in [4.69, 9.17) is 0 Å². The maximum Gasteiger partial charge on any atom is 0.321 e. The molecule has 4 heteroatoms. The normalized spacial score (nSPS) is 9.46. The number of anilines is 1. The molecule has 1 rings (SSSR count). The first-order chi connectivity index (χ1) is 6.15. The second-order valence-electron chi connectivity index (χ2n) is 2.59. The van der Waals surface area contributed by atoms with Gasteiger partial charge in [-0.15, -0.1) is 0 Å². The Bertz CT molecular complexity index is 297. The molecule has 0 unspecified atom stereocenters. The van der Waals surface area contributed by atoms with Crippen LogP contribution >= 0.6 is 15.9 Å². The van der Waals surface area contributed by atoms with Crippen molar-refractivity contribution in [1.82, 2.24) is 5.32 Å². The van der Waals surface area contributed by atoms with E-state index in [1.54, 1.807) is 19.0 Å². The van der Waals surface area contributed by atoms with E-state index in [0.29, 0.717) is 0 Å². The molecule has 0 aliphatic heterocycles. The number of nitrogens with one attached hydrogen (secondary N) is 1. The number of carbonyl (C=O) groups excluding carboxylic acids is 1. The molecule has 1 aromatic carbocycles. The van der Waals surface area contributed by atoms with E-state index in [1.807, 2.05) is 24.3 Å². The van der Waals surface area contributed by atoms with Crippen molar-refractivity contribution >= 4 is 27.6 Å². The Labute approximate surface area is 85.9 Å². The van der Waals surface area contributed by atoms with Crippen LogP contribution in [0.2, 0.25) is 0 Å². The maximum absolute atomic E-state index is 11.2. The highest BCUT2D eigenvalue weighted by Gasteiger charge is 2.06. The number of hydrogen-bond acceptors (Lipinski definition) is 1. The van der Waals surface area contributed by atoms with Gasteiger partial charge in [-0.1, -0.05) is 15.9 Å². The third-order valence-corrected chi connectivity index (χ3v) is 2.26. The Balaban J connectivity index is 2.83. The zero-order chi connectivity index (χ0) is 9.84. The van der Waals surface area contributed by atoms with Gasteiger partial charge < -0.3 is 5.32 Å². The van der Waals surface area contributed by atoms with Crippen LogP contribution in [0, 0.1) is 0 Å². The molecule has 3 nitrogen and oxygen atoms in total. The molecule has 2 amide bonds. The molecular weight excluding hydrogens is 232 g/mol. The average Bonchev–Trinajstić information content (AvgIpc) is 2.17. The third-order valence-electron chi connectivity index (χ3n) is 1.73. The summed E-state index contributed by atoms with van der Waals surface area (Å²) in [4.78, 5) is 12.7. The Morgan fingerprint density at radius 3 is 2.38 bits per heavy atom. The Hall–Kier alpha value is -1.03. The van der Waals surface area contributed by atoms with Crippen molar-refractivity contribution in [2.24, 2.45) is 0 Å². The lowest BCUT2D eigenvalue weighted by Gasteiger charge is -2.16. The molecule has 1 N–H and O–H groups in total. The summed E-state index contributed by atoms with van der Waals surface area (Å²) in [6, 6.07) is 7.42. The van der Waals surface area contributed by atoms with Crippen molar-refractivity contribution in [3.8, 4) is 0 Å². The van der Waals surface area contributed by atoms with Crippen LogP contribution in [-0.4, -0.2) is 20.1 Å². The zero-order valence-corrected chi connectivity index (χ0v) is 9.13. The minimum Gasteiger partial charge on any atom is -0.341 e. The predicted octanol–water partition coefficient (Wildman–Crippen LogP) is 2.22. The van der Waals surface area contributed by atoms with Gasteiger partial charge >= 0.3 is 6.03 Å².